The zero-order chi connectivity index (χ0) is 14.9. The van der Waals surface area contributed by atoms with Crippen LogP contribution >= 0.6 is 12.4 Å². The molecule has 1 aromatic rings. The van der Waals surface area contributed by atoms with Crippen molar-refractivity contribution >= 4 is 24.2 Å². The maximum atomic E-state index is 11.8. The number of nitrogens with one attached hydrogen (secondary N) is 3. The van der Waals surface area contributed by atoms with Crippen molar-refractivity contribution in [3.63, 3.8) is 0 Å². The minimum atomic E-state index is -0.220. The molecule has 0 radical (unpaired) electrons. The molecule has 0 spiro atoms. The second-order valence-electron chi connectivity index (χ2n) is 5.40. The van der Waals surface area contributed by atoms with Crippen molar-refractivity contribution in [1.82, 2.24) is 16.0 Å². The van der Waals surface area contributed by atoms with E-state index in [2.05, 4.69) is 16.0 Å². The summed E-state index contributed by atoms with van der Waals surface area (Å²) in [6.45, 7) is 2.85. The first-order valence-electron chi connectivity index (χ1n) is 7.56. The van der Waals surface area contributed by atoms with Crippen molar-refractivity contribution in [2.45, 2.75) is 19.3 Å². The lowest BCUT2D eigenvalue weighted by Gasteiger charge is -2.22. The summed E-state index contributed by atoms with van der Waals surface area (Å²) in [5.74, 6) is 0.295. The third-order valence-corrected chi connectivity index (χ3v) is 3.72. The molecule has 0 aromatic heterocycles. The van der Waals surface area contributed by atoms with Crippen molar-refractivity contribution in [1.29, 1.82) is 0 Å². The van der Waals surface area contributed by atoms with Crippen molar-refractivity contribution < 1.29 is 9.59 Å². The summed E-state index contributed by atoms with van der Waals surface area (Å²) in [4.78, 5) is 23.4. The average Bonchev–Trinajstić information content (AvgIpc) is 2.54. The van der Waals surface area contributed by atoms with E-state index in [1.54, 1.807) is 24.3 Å². The summed E-state index contributed by atoms with van der Waals surface area (Å²) in [5.41, 5.74) is 0.568. The van der Waals surface area contributed by atoms with Gasteiger partial charge in [0.1, 0.15) is 0 Å². The van der Waals surface area contributed by atoms with E-state index in [9.17, 15) is 9.59 Å². The Balaban J connectivity index is 0.00000242. The number of amides is 2. The monoisotopic (exact) mass is 325 g/mol. The van der Waals surface area contributed by atoms with E-state index in [1.165, 1.54) is 12.8 Å². The van der Waals surface area contributed by atoms with Gasteiger partial charge in [0.2, 0.25) is 5.91 Å². The summed E-state index contributed by atoms with van der Waals surface area (Å²) in [7, 11) is 0. The van der Waals surface area contributed by atoms with Gasteiger partial charge in [0.15, 0.2) is 0 Å². The SMILES string of the molecule is Cl.O=C(CNC(=O)c1ccccc1)NCCC1CCCNC1. The molecule has 2 rings (SSSR count). The Kier molecular flexibility index (Phi) is 8.55. The highest BCUT2D eigenvalue weighted by Crippen LogP contribution is 2.12. The van der Waals surface area contributed by atoms with Gasteiger partial charge in [-0.3, -0.25) is 9.59 Å². The molecule has 122 valence electrons. The maximum absolute atomic E-state index is 11.8. The molecular weight excluding hydrogens is 302 g/mol. The average molecular weight is 326 g/mol. The molecule has 22 heavy (non-hydrogen) atoms. The van der Waals surface area contributed by atoms with E-state index in [4.69, 9.17) is 0 Å². The molecule has 0 bridgehead atoms. The Morgan fingerprint density at radius 2 is 1.95 bits per heavy atom. The Bertz CT molecular complexity index is 462. The van der Waals surface area contributed by atoms with Crippen LogP contribution in [0.25, 0.3) is 0 Å². The van der Waals surface area contributed by atoms with Crippen molar-refractivity contribution in [2.75, 3.05) is 26.2 Å². The molecule has 6 heteroatoms. The molecule has 0 saturated carbocycles. The van der Waals surface area contributed by atoms with Crippen LogP contribution in [0.3, 0.4) is 0 Å². The van der Waals surface area contributed by atoms with Crippen LogP contribution in [0.1, 0.15) is 29.6 Å². The van der Waals surface area contributed by atoms with Crippen LogP contribution in [0.4, 0.5) is 0 Å². The molecule has 1 aromatic carbocycles. The standard InChI is InChI=1S/C16H23N3O2.ClH/c20-15(18-10-8-13-5-4-9-17-11-13)12-19-16(21)14-6-2-1-3-7-14;/h1-3,6-7,13,17H,4-5,8-12H2,(H,18,20)(H,19,21);1H. The summed E-state index contributed by atoms with van der Waals surface area (Å²) < 4.78 is 0. The number of piperidine rings is 1. The fourth-order valence-corrected chi connectivity index (χ4v) is 2.50. The van der Waals surface area contributed by atoms with Crippen molar-refractivity contribution in [3.05, 3.63) is 35.9 Å². The van der Waals surface area contributed by atoms with Crippen molar-refractivity contribution in [3.8, 4) is 0 Å². The van der Waals surface area contributed by atoms with Gasteiger partial charge in [0.05, 0.1) is 6.54 Å². The molecule has 0 aliphatic carbocycles. The third kappa shape index (κ3) is 6.45. The first kappa shape index (κ1) is 18.5. The zero-order valence-corrected chi connectivity index (χ0v) is 13.5. The summed E-state index contributed by atoms with van der Waals surface area (Å²) in [6, 6.07) is 8.90. The zero-order valence-electron chi connectivity index (χ0n) is 12.6. The van der Waals surface area contributed by atoms with Gasteiger partial charge in [-0.1, -0.05) is 18.2 Å². The van der Waals surface area contributed by atoms with E-state index in [1.807, 2.05) is 6.07 Å². The molecule has 5 nitrogen and oxygen atoms in total. The molecule has 1 aliphatic heterocycles. The molecule has 2 amide bonds. The van der Waals surface area contributed by atoms with E-state index >= 15 is 0 Å². The Morgan fingerprint density at radius 3 is 2.64 bits per heavy atom. The van der Waals surface area contributed by atoms with Crippen LogP contribution in [0.5, 0.6) is 0 Å². The number of benzene rings is 1. The van der Waals surface area contributed by atoms with E-state index < -0.39 is 0 Å². The quantitative estimate of drug-likeness (QED) is 0.739. The van der Waals surface area contributed by atoms with Crippen LogP contribution in [0.15, 0.2) is 30.3 Å². The lowest BCUT2D eigenvalue weighted by molar-refractivity contribution is -0.120. The summed E-state index contributed by atoms with van der Waals surface area (Å²) >= 11 is 0. The van der Waals surface area contributed by atoms with Crippen LogP contribution < -0.4 is 16.0 Å². The Hall–Kier alpha value is -1.59. The first-order valence-corrected chi connectivity index (χ1v) is 7.56. The van der Waals surface area contributed by atoms with Gasteiger partial charge in [-0.25, -0.2) is 0 Å². The molecule has 1 aliphatic rings. The van der Waals surface area contributed by atoms with Crippen LogP contribution in [-0.4, -0.2) is 38.0 Å². The fraction of sp³-hybridized carbons (Fsp3) is 0.500. The topological polar surface area (TPSA) is 70.2 Å². The predicted molar refractivity (Wildman–Crippen MR) is 89.2 cm³/mol. The molecular formula is C16H24ClN3O2. The molecule has 1 saturated heterocycles. The van der Waals surface area contributed by atoms with Gasteiger partial charge in [0, 0.05) is 12.1 Å². The maximum Gasteiger partial charge on any atom is 0.251 e. The second kappa shape index (κ2) is 10.2. The highest BCUT2D eigenvalue weighted by Gasteiger charge is 2.13. The molecule has 3 N–H and O–H groups in total. The van der Waals surface area contributed by atoms with E-state index in [0.29, 0.717) is 18.0 Å². The highest BCUT2D eigenvalue weighted by molar-refractivity contribution is 5.96. The minimum absolute atomic E-state index is 0. The highest BCUT2D eigenvalue weighted by atomic mass is 35.5. The lowest BCUT2D eigenvalue weighted by atomic mass is 9.96. The van der Waals surface area contributed by atoms with Crippen LogP contribution in [0, 0.1) is 5.92 Å². The lowest BCUT2D eigenvalue weighted by Crippen LogP contribution is -2.38. The number of carbonyl (C=O) groups excluding carboxylic acids is 2. The van der Waals surface area contributed by atoms with Gasteiger partial charge in [-0.2, -0.15) is 0 Å². The van der Waals surface area contributed by atoms with Gasteiger partial charge >= 0.3 is 0 Å². The molecule has 1 unspecified atom stereocenters. The number of hydrogen-bond acceptors (Lipinski definition) is 3. The summed E-state index contributed by atoms with van der Waals surface area (Å²) in [6.07, 6.45) is 3.44. The first-order chi connectivity index (χ1) is 10.3. The van der Waals surface area contributed by atoms with E-state index in [-0.39, 0.29) is 30.8 Å². The minimum Gasteiger partial charge on any atom is -0.355 e. The molecule has 1 fully saturated rings. The van der Waals surface area contributed by atoms with Crippen LogP contribution in [0.2, 0.25) is 0 Å². The third-order valence-electron chi connectivity index (χ3n) is 3.72. The number of halogens is 1. The van der Waals surface area contributed by atoms with Crippen LogP contribution in [-0.2, 0) is 4.79 Å². The molecule has 1 heterocycles. The second-order valence-corrected chi connectivity index (χ2v) is 5.40. The Labute approximate surface area is 137 Å². The van der Waals surface area contributed by atoms with Gasteiger partial charge in [-0.05, 0) is 50.4 Å². The van der Waals surface area contributed by atoms with Gasteiger partial charge in [0.25, 0.3) is 5.91 Å². The number of hydrogen-bond donors (Lipinski definition) is 3. The fourth-order valence-electron chi connectivity index (χ4n) is 2.50. The smallest absolute Gasteiger partial charge is 0.251 e. The van der Waals surface area contributed by atoms with E-state index in [0.717, 1.165) is 19.5 Å². The number of carbonyl (C=O) groups is 2. The molecule has 1 atom stereocenters. The van der Waals surface area contributed by atoms with Gasteiger partial charge < -0.3 is 16.0 Å². The Morgan fingerprint density at radius 1 is 1.18 bits per heavy atom. The van der Waals surface area contributed by atoms with Gasteiger partial charge in [-0.15, -0.1) is 12.4 Å². The normalized spacial score (nSPS) is 17.2. The predicted octanol–water partition coefficient (Wildman–Crippen LogP) is 1.34. The van der Waals surface area contributed by atoms with Crippen molar-refractivity contribution in [2.24, 2.45) is 5.92 Å². The number of rotatable bonds is 6. The summed E-state index contributed by atoms with van der Waals surface area (Å²) in [5, 5.41) is 8.84. The largest absolute Gasteiger partial charge is 0.355 e.